The smallest absolute Gasteiger partial charge is 0.207 e. The average molecular weight is 200 g/mol. The van der Waals surface area contributed by atoms with Gasteiger partial charge in [0.25, 0.3) is 0 Å². The van der Waals surface area contributed by atoms with Crippen LogP contribution in [0.25, 0.3) is 0 Å². The summed E-state index contributed by atoms with van der Waals surface area (Å²) >= 11 is 0. The number of hydrogen-bond donors (Lipinski definition) is 2. The summed E-state index contributed by atoms with van der Waals surface area (Å²) in [6.45, 7) is 7.83. The fourth-order valence-corrected chi connectivity index (χ4v) is 1.09. The number of hydrogen-bond acceptors (Lipinski definition) is 2. The zero-order chi connectivity index (χ0) is 11.2. The van der Waals surface area contributed by atoms with Crippen molar-refractivity contribution in [2.24, 2.45) is 0 Å². The molecule has 0 aliphatic heterocycles. The van der Waals surface area contributed by atoms with Gasteiger partial charge < -0.3 is 10.6 Å². The van der Waals surface area contributed by atoms with E-state index in [0.29, 0.717) is 12.8 Å². The van der Waals surface area contributed by atoms with Gasteiger partial charge in [-0.3, -0.25) is 9.59 Å². The van der Waals surface area contributed by atoms with Crippen molar-refractivity contribution in [1.82, 2.24) is 10.6 Å². The molecule has 0 aliphatic carbocycles. The predicted octanol–water partition coefficient (Wildman–Crippen LogP) is 0.816. The van der Waals surface area contributed by atoms with Crippen LogP contribution in [-0.2, 0) is 9.59 Å². The molecule has 4 heteroatoms. The maximum atomic E-state index is 10.3. The molecule has 0 rings (SSSR count). The molecule has 82 valence electrons. The van der Waals surface area contributed by atoms with Crippen LogP contribution < -0.4 is 10.6 Å². The minimum Gasteiger partial charge on any atom is -0.354 e. The zero-order valence-corrected chi connectivity index (χ0v) is 9.39. The minimum absolute atomic E-state index is 0.219. The highest BCUT2D eigenvalue weighted by atomic mass is 16.1. The molecule has 0 bridgehead atoms. The van der Waals surface area contributed by atoms with Gasteiger partial charge in [-0.25, -0.2) is 0 Å². The first-order valence-corrected chi connectivity index (χ1v) is 4.76. The lowest BCUT2D eigenvalue weighted by molar-refractivity contribution is -0.112. The van der Waals surface area contributed by atoms with Gasteiger partial charge in [0.1, 0.15) is 0 Å². The van der Waals surface area contributed by atoms with Crippen molar-refractivity contribution < 1.29 is 9.59 Å². The SMILES string of the molecule is CC(C)(CCC(C)(C)NC=O)NC=O. The van der Waals surface area contributed by atoms with Gasteiger partial charge in [-0.2, -0.15) is 0 Å². The van der Waals surface area contributed by atoms with E-state index < -0.39 is 0 Å². The van der Waals surface area contributed by atoms with Gasteiger partial charge in [-0.05, 0) is 40.5 Å². The Kier molecular flexibility index (Phi) is 4.60. The molecule has 0 aliphatic rings. The first-order chi connectivity index (χ1) is 6.33. The van der Waals surface area contributed by atoms with Crippen molar-refractivity contribution in [2.45, 2.75) is 51.6 Å². The van der Waals surface area contributed by atoms with Crippen molar-refractivity contribution in [3.05, 3.63) is 0 Å². The summed E-state index contributed by atoms with van der Waals surface area (Å²) in [5.41, 5.74) is -0.437. The predicted molar refractivity (Wildman–Crippen MR) is 55.8 cm³/mol. The van der Waals surface area contributed by atoms with Gasteiger partial charge in [0, 0.05) is 11.1 Å². The highest BCUT2D eigenvalue weighted by molar-refractivity contribution is 5.48. The molecule has 0 saturated heterocycles. The highest BCUT2D eigenvalue weighted by Crippen LogP contribution is 2.18. The Hall–Kier alpha value is -1.06. The Morgan fingerprint density at radius 1 is 0.857 bits per heavy atom. The van der Waals surface area contributed by atoms with Gasteiger partial charge in [-0.15, -0.1) is 0 Å². The monoisotopic (exact) mass is 200 g/mol. The van der Waals surface area contributed by atoms with Gasteiger partial charge in [0.15, 0.2) is 0 Å². The maximum absolute atomic E-state index is 10.3. The molecule has 4 nitrogen and oxygen atoms in total. The third-order valence-electron chi connectivity index (χ3n) is 2.27. The summed E-state index contributed by atoms with van der Waals surface area (Å²) in [5.74, 6) is 0. The van der Waals surface area contributed by atoms with Crippen LogP contribution in [-0.4, -0.2) is 23.9 Å². The molecule has 0 aromatic carbocycles. The quantitative estimate of drug-likeness (QED) is 0.598. The second-order valence-corrected chi connectivity index (χ2v) is 4.79. The Bertz CT molecular complexity index is 178. The van der Waals surface area contributed by atoms with Crippen molar-refractivity contribution >= 4 is 12.8 Å². The van der Waals surface area contributed by atoms with Crippen molar-refractivity contribution in [2.75, 3.05) is 0 Å². The maximum Gasteiger partial charge on any atom is 0.207 e. The molecule has 0 spiro atoms. The third-order valence-corrected chi connectivity index (χ3v) is 2.27. The lowest BCUT2D eigenvalue weighted by atomic mass is 9.90. The first-order valence-electron chi connectivity index (χ1n) is 4.76. The van der Waals surface area contributed by atoms with Gasteiger partial charge in [0.2, 0.25) is 12.8 Å². The summed E-state index contributed by atoms with van der Waals surface area (Å²) in [6, 6.07) is 0. The molecule has 0 saturated carbocycles. The van der Waals surface area contributed by atoms with Crippen LogP contribution >= 0.6 is 0 Å². The molecule has 0 radical (unpaired) electrons. The number of carbonyl (C=O) groups excluding carboxylic acids is 2. The van der Waals surface area contributed by atoms with Crippen LogP contribution in [0.1, 0.15) is 40.5 Å². The molecule has 0 unspecified atom stereocenters. The Morgan fingerprint density at radius 2 is 1.14 bits per heavy atom. The Morgan fingerprint density at radius 3 is 1.36 bits per heavy atom. The third kappa shape index (κ3) is 5.56. The number of rotatable bonds is 7. The van der Waals surface area contributed by atoms with E-state index in [4.69, 9.17) is 0 Å². The largest absolute Gasteiger partial charge is 0.354 e. The van der Waals surface area contributed by atoms with Crippen LogP contribution in [0.5, 0.6) is 0 Å². The van der Waals surface area contributed by atoms with Crippen LogP contribution in [0, 0.1) is 0 Å². The average Bonchev–Trinajstić information content (AvgIpc) is 2.01. The molecule has 0 aromatic rings. The van der Waals surface area contributed by atoms with Gasteiger partial charge in [-0.1, -0.05) is 0 Å². The molecule has 0 heterocycles. The molecule has 14 heavy (non-hydrogen) atoms. The molecular formula is C10H20N2O2. The summed E-state index contributed by atoms with van der Waals surface area (Å²) in [7, 11) is 0. The van der Waals surface area contributed by atoms with E-state index in [-0.39, 0.29) is 11.1 Å². The van der Waals surface area contributed by atoms with E-state index in [1.54, 1.807) is 0 Å². The second kappa shape index (κ2) is 4.98. The van der Waals surface area contributed by atoms with Crippen LogP contribution in [0.2, 0.25) is 0 Å². The minimum atomic E-state index is -0.219. The molecule has 0 fully saturated rings. The van der Waals surface area contributed by atoms with E-state index in [2.05, 4.69) is 10.6 Å². The number of nitrogens with one attached hydrogen (secondary N) is 2. The number of carbonyl (C=O) groups is 2. The van der Waals surface area contributed by atoms with E-state index in [1.807, 2.05) is 27.7 Å². The van der Waals surface area contributed by atoms with Crippen molar-refractivity contribution in [3.63, 3.8) is 0 Å². The number of amides is 2. The van der Waals surface area contributed by atoms with Crippen molar-refractivity contribution in [1.29, 1.82) is 0 Å². The lowest BCUT2D eigenvalue weighted by Crippen LogP contribution is -2.44. The Labute approximate surface area is 85.4 Å². The molecule has 2 N–H and O–H groups in total. The molecule has 0 atom stereocenters. The second-order valence-electron chi connectivity index (χ2n) is 4.79. The van der Waals surface area contributed by atoms with E-state index in [1.165, 1.54) is 0 Å². The summed E-state index contributed by atoms with van der Waals surface area (Å²) in [4.78, 5) is 20.6. The zero-order valence-electron chi connectivity index (χ0n) is 9.39. The lowest BCUT2D eigenvalue weighted by Gasteiger charge is -2.30. The fraction of sp³-hybridized carbons (Fsp3) is 0.800. The van der Waals surface area contributed by atoms with Gasteiger partial charge in [0.05, 0.1) is 0 Å². The summed E-state index contributed by atoms with van der Waals surface area (Å²) < 4.78 is 0. The van der Waals surface area contributed by atoms with E-state index in [9.17, 15) is 9.59 Å². The Balaban J connectivity index is 4.02. The van der Waals surface area contributed by atoms with Gasteiger partial charge >= 0.3 is 0 Å². The molecule has 0 aromatic heterocycles. The summed E-state index contributed by atoms with van der Waals surface area (Å²) in [5, 5.41) is 5.48. The van der Waals surface area contributed by atoms with Crippen LogP contribution in [0.4, 0.5) is 0 Å². The summed E-state index contributed by atoms with van der Waals surface area (Å²) in [6.07, 6.45) is 3.06. The standard InChI is InChI=1S/C10H20N2O2/c1-9(2,11-7-13)5-6-10(3,4)12-8-14/h7-8H,5-6H2,1-4H3,(H,11,13)(H,12,14). The van der Waals surface area contributed by atoms with E-state index in [0.717, 1.165) is 12.8 Å². The van der Waals surface area contributed by atoms with E-state index >= 15 is 0 Å². The topological polar surface area (TPSA) is 58.2 Å². The highest BCUT2D eigenvalue weighted by Gasteiger charge is 2.22. The normalized spacial score (nSPS) is 12.0. The molecular weight excluding hydrogens is 180 g/mol. The van der Waals surface area contributed by atoms with Crippen LogP contribution in [0.3, 0.4) is 0 Å². The molecule has 2 amide bonds. The van der Waals surface area contributed by atoms with Crippen molar-refractivity contribution in [3.8, 4) is 0 Å². The van der Waals surface area contributed by atoms with Crippen LogP contribution in [0.15, 0.2) is 0 Å². The fourth-order valence-electron chi connectivity index (χ4n) is 1.09. The first kappa shape index (κ1) is 12.9.